The van der Waals surface area contributed by atoms with Gasteiger partial charge in [-0.15, -0.1) is 11.3 Å². The number of thiophene rings is 1. The highest BCUT2D eigenvalue weighted by Crippen LogP contribution is 2.35. The van der Waals surface area contributed by atoms with E-state index in [0.29, 0.717) is 61.6 Å². The maximum absolute atomic E-state index is 15.6. The molecule has 11 nitrogen and oxygen atoms in total. The van der Waals surface area contributed by atoms with E-state index < -0.39 is 40.2 Å². The number of morpholine rings is 1. The second-order valence-corrected chi connectivity index (χ2v) is 14.5. The van der Waals surface area contributed by atoms with Crippen LogP contribution in [0.25, 0.3) is 10.2 Å². The molecule has 0 N–H and O–H groups in total. The average Bonchev–Trinajstić information content (AvgIpc) is 3.45. The van der Waals surface area contributed by atoms with Gasteiger partial charge in [-0.2, -0.15) is 4.31 Å². The highest BCUT2D eigenvalue weighted by Gasteiger charge is 2.43. The SMILES string of the molecule is O=C(CN(C1CCCN(c2ccc(N3CCCCC3=O)cc2F)C1=O)S(=O)(=O)c1cc2ccc(Cl)nc2s1)N1CCOCC1. The minimum atomic E-state index is -4.38. The molecule has 3 amide bonds. The minimum Gasteiger partial charge on any atom is -0.378 e. The zero-order valence-corrected chi connectivity index (χ0v) is 26.2. The predicted octanol–water partition coefficient (Wildman–Crippen LogP) is 3.65. The van der Waals surface area contributed by atoms with E-state index in [2.05, 4.69) is 4.98 Å². The molecule has 6 rings (SSSR count). The van der Waals surface area contributed by atoms with Crippen molar-refractivity contribution in [1.29, 1.82) is 0 Å². The molecule has 1 aromatic carbocycles. The van der Waals surface area contributed by atoms with Crippen molar-refractivity contribution in [2.75, 3.05) is 55.7 Å². The van der Waals surface area contributed by atoms with Crippen LogP contribution in [0.4, 0.5) is 15.8 Å². The van der Waals surface area contributed by atoms with Gasteiger partial charge in [-0.3, -0.25) is 14.4 Å². The van der Waals surface area contributed by atoms with Gasteiger partial charge in [-0.1, -0.05) is 11.6 Å². The van der Waals surface area contributed by atoms with E-state index in [0.717, 1.165) is 28.5 Å². The van der Waals surface area contributed by atoms with Crippen LogP contribution in [0.3, 0.4) is 0 Å². The van der Waals surface area contributed by atoms with Crippen LogP contribution >= 0.6 is 22.9 Å². The first-order valence-corrected chi connectivity index (χ1v) is 17.1. The van der Waals surface area contributed by atoms with Crippen LogP contribution in [-0.2, 0) is 29.1 Å². The van der Waals surface area contributed by atoms with E-state index in [1.165, 1.54) is 32.9 Å². The lowest BCUT2D eigenvalue weighted by Gasteiger charge is -2.38. The van der Waals surface area contributed by atoms with Gasteiger partial charge < -0.3 is 19.4 Å². The number of hydrogen-bond donors (Lipinski definition) is 0. The maximum Gasteiger partial charge on any atom is 0.253 e. The first-order chi connectivity index (χ1) is 21.1. The Kier molecular flexibility index (Phi) is 8.88. The highest BCUT2D eigenvalue weighted by molar-refractivity contribution is 7.91. The molecule has 3 fully saturated rings. The van der Waals surface area contributed by atoms with Gasteiger partial charge in [0.05, 0.1) is 25.4 Å². The van der Waals surface area contributed by atoms with Crippen LogP contribution < -0.4 is 9.80 Å². The molecule has 5 heterocycles. The number of sulfonamides is 1. The summed E-state index contributed by atoms with van der Waals surface area (Å²) in [4.78, 5) is 48.7. The lowest BCUT2D eigenvalue weighted by Crippen LogP contribution is -2.57. The number of pyridine rings is 1. The standard InChI is InChI=1S/C29H31ClFN5O6S2/c30-24-9-6-19-16-27(43-28(19)32-24)44(40,41)36(18-26(38)33-12-14-42-15-13-33)23-4-3-11-35(29(23)39)22-8-7-20(17-21(22)31)34-10-2-1-5-25(34)37/h6-9,16-17,23H,1-5,10-15,18H2. The summed E-state index contributed by atoms with van der Waals surface area (Å²) < 4.78 is 50.2. The number of halogens is 2. The Bertz CT molecular complexity index is 1710. The van der Waals surface area contributed by atoms with Crippen molar-refractivity contribution in [1.82, 2.24) is 14.2 Å². The molecule has 15 heteroatoms. The number of amides is 3. The monoisotopic (exact) mass is 663 g/mol. The zero-order chi connectivity index (χ0) is 31.0. The Morgan fingerprint density at radius 1 is 1.05 bits per heavy atom. The smallest absolute Gasteiger partial charge is 0.253 e. The van der Waals surface area contributed by atoms with Crippen molar-refractivity contribution in [2.45, 2.75) is 42.4 Å². The first kappa shape index (κ1) is 30.8. The molecule has 1 unspecified atom stereocenters. The molecule has 2 aromatic heterocycles. The fourth-order valence-corrected chi connectivity index (χ4v) is 9.07. The Balaban J connectivity index is 1.33. The maximum atomic E-state index is 15.6. The summed E-state index contributed by atoms with van der Waals surface area (Å²) in [6.07, 6.45) is 2.54. The van der Waals surface area contributed by atoms with Crippen LogP contribution in [0.2, 0.25) is 5.15 Å². The van der Waals surface area contributed by atoms with Gasteiger partial charge in [0.1, 0.15) is 26.1 Å². The van der Waals surface area contributed by atoms with E-state index in [1.54, 1.807) is 18.2 Å². The molecule has 0 radical (unpaired) electrons. The predicted molar refractivity (Wildman–Crippen MR) is 164 cm³/mol. The molecule has 234 valence electrons. The molecule has 0 bridgehead atoms. The van der Waals surface area contributed by atoms with Gasteiger partial charge in [0.25, 0.3) is 10.0 Å². The van der Waals surface area contributed by atoms with Crippen LogP contribution in [-0.4, -0.2) is 92.3 Å². The molecular formula is C29H31ClFN5O6S2. The van der Waals surface area contributed by atoms with E-state index in [1.807, 2.05) is 0 Å². The van der Waals surface area contributed by atoms with Gasteiger partial charge in [0.2, 0.25) is 17.7 Å². The largest absolute Gasteiger partial charge is 0.378 e. The Labute approximate surface area is 263 Å². The van der Waals surface area contributed by atoms with Crippen LogP contribution in [0.1, 0.15) is 32.1 Å². The van der Waals surface area contributed by atoms with E-state index in [9.17, 15) is 22.8 Å². The van der Waals surface area contributed by atoms with E-state index >= 15 is 4.39 Å². The third kappa shape index (κ3) is 6.05. The molecule has 1 atom stereocenters. The molecule has 3 aromatic rings. The molecule has 0 aliphatic carbocycles. The number of anilines is 2. The van der Waals surface area contributed by atoms with Gasteiger partial charge in [-0.05, 0) is 62.1 Å². The van der Waals surface area contributed by atoms with Crippen molar-refractivity contribution < 1.29 is 31.9 Å². The summed E-state index contributed by atoms with van der Waals surface area (Å²) in [7, 11) is -4.38. The summed E-state index contributed by atoms with van der Waals surface area (Å²) in [5.74, 6) is -1.86. The zero-order valence-electron chi connectivity index (χ0n) is 23.8. The third-order valence-corrected chi connectivity index (χ3v) is 11.7. The number of ether oxygens (including phenoxy) is 1. The summed E-state index contributed by atoms with van der Waals surface area (Å²) in [5, 5.41) is 0.766. The minimum absolute atomic E-state index is 0.00883. The molecule has 0 saturated carbocycles. The highest BCUT2D eigenvalue weighted by atomic mass is 35.5. The second-order valence-electron chi connectivity index (χ2n) is 10.9. The topological polar surface area (TPSA) is 120 Å². The summed E-state index contributed by atoms with van der Waals surface area (Å²) >= 11 is 6.93. The number of piperidine rings is 2. The number of carbonyl (C=O) groups excluding carboxylic acids is 3. The number of fused-ring (bicyclic) bond motifs is 1. The van der Waals surface area contributed by atoms with Crippen molar-refractivity contribution in [3.63, 3.8) is 0 Å². The summed E-state index contributed by atoms with van der Waals surface area (Å²) in [6, 6.07) is 7.70. The lowest BCUT2D eigenvalue weighted by atomic mass is 10.0. The number of aromatic nitrogens is 1. The number of benzene rings is 1. The number of rotatable bonds is 7. The van der Waals surface area contributed by atoms with Crippen LogP contribution in [0.5, 0.6) is 0 Å². The molecule has 44 heavy (non-hydrogen) atoms. The van der Waals surface area contributed by atoms with Crippen molar-refractivity contribution in [3.05, 3.63) is 47.4 Å². The van der Waals surface area contributed by atoms with E-state index in [4.69, 9.17) is 16.3 Å². The molecule has 3 aliphatic heterocycles. The van der Waals surface area contributed by atoms with Gasteiger partial charge in [0.15, 0.2) is 0 Å². The number of carbonyl (C=O) groups is 3. The molecule has 0 spiro atoms. The normalized spacial score (nSPS) is 20.2. The fourth-order valence-electron chi connectivity index (χ4n) is 5.85. The molecule has 3 aliphatic rings. The Morgan fingerprint density at radius 2 is 1.82 bits per heavy atom. The van der Waals surface area contributed by atoms with Crippen molar-refractivity contribution >= 4 is 72.3 Å². The molecular weight excluding hydrogens is 633 g/mol. The van der Waals surface area contributed by atoms with Crippen molar-refractivity contribution in [2.24, 2.45) is 0 Å². The van der Waals surface area contributed by atoms with Gasteiger partial charge in [0, 0.05) is 43.7 Å². The number of hydrogen-bond acceptors (Lipinski definition) is 8. The third-order valence-electron chi connectivity index (χ3n) is 8.16. The lowest BCUT2D eigenvalue weighted by molar-refractivity contribution is -0.136. The van der Waals surface area contributed by atoms with Gasteiger partial charge in [-0.25, -0.2) is 17.8 Å². The second kappa shape index (κ2) is 12.7. The molecule has 3 saturated heterocycles. The van der Waals surface area contributed by atoms with Crippen LogP contribution in [0, 0.1) is 5.82 Å². The Morgan fingerprint density at radius 3 is 2.57 bits per heavy atom. The number of nitrogens with zero attached hydrogens (tertiary/aromatic N) is 5. The van der Waals surface area contributed by atoms with Crippen LogP contribution in [0.15, 0.2) is 40.6 Å². The summed E-state index contributed by atoms with van der Waals surface area (Å²) in [6.45, 7) is 1.37. The quantitative estimate of drug-likeness (QED) is 0.354. The fraction of sp³-hybridized carbons (Fsp3) is 0.448. The van der Waals surface area contributed by atoms with Gasteiger partial charge >= 0.3 is 0 Å². The van der Waals surface area contributed by atoms with E-state index in [-0.39, 0.29) is 33.9 Å². The average molecular weight is 664 g/mol. The first-order valence-electron chi connectivity index (χ1n) is 14.5. The summed E-state index contributed by atoms with van der Waals surface area (Å²) in [5.41, 5.74) is 0.404. The Hall–Kier alpha value is -3.17. The van der Waals surface area contributed by atoms with Crippen molar-refractivity contribution in [3.8, 4) is 0 Å².